The fraction of sp³-hybridized carbons (Fsp3) is 0.200. The van der Waals surface area contributed by atoms with E-state index in [1.807, 2.05) is 6.07 Å². The maximum Gasteiger partial charge on any atom is 0.352 e. The smallest absolute Gasteiger partial charge is 0.352 e. The average Bonchev–Trinajstić information content (AvgIpc) is 2.22. The highest BCUT2D eigenvalue weighted by Crippen LogP contribution is 2.24. The quantitative estimate of drug-likeness (QED) is 0.247. The number of anilines is 1. The molecule has 1 aromatic rings. The molecular formula is C10H14N4O2. The lowest BCUT2D eigenvalue weighted by atomic mass is 10.1. The van der Waals surface area contributed by atoms with E-state index in [-0.39, 0.29) is 0 Å². The fourth-order valence-electron chi connectivity index (χ4n) is 1.54. The number of para-hydroxylation sites is 1. The SMILES string of the molecule is Cc1cccc(C)c1N(C(=N)N)C(=O)NO. The van der Waals surface area contributed by atoms with Gasteiger partial charge in [0.25, 0.3) is 0 Å². The fourth-order valence-corrected chi connectivity index (χ4v) is 1.54. The summed E-state index contributed by atoms with van der Waals surface area (Å²) in [6.45, 7) is 3.59. The molecule has 0 bridgehead atoms. The number of hydrogen-bond donors (Lipinski definition) is 4. The highest BCUT2D eigenvalue weighted by atomic mass is 16.5. The van der Waals surface area contributed by atoms with Crippen LogP contribution < -0.4 is 16.1 Å². The van der Waals surface area contributed by atoms with Crippen LogP contribution in [0.4, 0.5) is 10.5 Å². The maximum atomic E-state index is 11.4. The van der Waals surface area contributed by atoms with Gasteiger partial charge in [0.1, 0.15) is 0 Å². The summed E-state index contributed by atoms with van der Waals surface area (Å²) in [6.07, 6.45) is 0. The highest BCUT2D eigenvalue weighted by molar-refractivity contribution is 6.14. The van der Waals surface area contributed by atoms with Crippen LogP contribution in [0.2, 0.25) is 0 Å². The zero-order chi connectivity index (χ0) is 12.3. The molecule has 5 N–H and O–H groups in total. The van der Waals surface area contributed by atoms with E-state index in [1.165, 1.54) is 5.48 Å². The Morgan fingerprint density at radius 1 is 1.44 bits per heavy atom. The molecule has 0 spiro atoms. The van der Waals surface area contributed by atoms with Crippen LogP contribution in [-0.2, 0) is 0 Å². The molecule has 0 aromatic heterocycles. The van der Waals surface area contributed by atoms with Crippen LogP contribution in [-0.4, -0.2) is 17.2 Å². The van der Waals surface area contributed by atoms with E-state index in [0.717, 1.165) is 16.0 Å². The number of urea groups is 1. The molecule has 0 saturated heterocycles. The standard InChI is InChI=1S/C10H14N4O2/c1-6-4-3-5-7(2)8(6)14(9(11)12)10(15)13-16/h3-5,16H,1-2H3,(H3,11,12)(H,13,15). The lowest BCUT2D eigenvalue weighted by molar-refractivity contribution is 0.169. The van der Waals surface area contributed by atoms with Gasteiger partial charge >= 0.3 is 6.03 Å². The van der Waals surface area contributed by atoms with E-state index in [0.29, 0.717) is 5.69 Å². The van der Waals surface area contributed by atoms with Crippen LogP contribution in [0.1, 0.15) is 11.1 Å². The number of benzene rings is 1. The molecule has 86 valence electrons. The second-order valence-electron chi connectivity index (χ2n) is 3.38. The highest BCUT2D eigenvalue weighted by Gasteiger charge is 2.21. The zero-order valence-electron chi connectivity index (χ0n) is 9.11. The molecule has 0 aliphatic carbocycles. The lowest BCUT2D eigenvalue weighted by Gasteiger charge is -2.23. The van der Waals surface area contributed by atoms with Crippen molar-refractivity contribution in [3.05, 3.63) is 29.3 Å². The number of amides is 2. The summed E-state index contributed by atoms with van der Waals surface area (Å²) in [4.78, 5) is 12.3. The Bertz CT molecular complexity index is 411. The Balaban J connectivity index is 3.32. The van der Waals surface area contributed by atoms with Crippen molar-refractivity contribution >= 4 is 17.7 Å². The van der Waals surface area contributed by atoms with Gasteiger partial charge < -0.3 is 5.73 Å². The number of hydroxylamine groups is 1. The Kier molecular flexibility index (Phi) is 3.47. The van der Waals surface area contributed by atoms with Crippen LogP contribution in [0.5, 0.6) is 0 Å². The predicted molar refractivity (Wildman–Crippen MR) is 60.6 cm³/mol. The van der Waals surface area contributed by atoms with Crippen molar-refractivity contribution in [2.24, 2.45) is 5.73 Å². The number of aryl methyl sites for hydroxylation is 2. The third kappa shape index (κ3) is 2.12. The van der Waals surface area contributed by atoms with Crippen LogP contribution in [0.15, 0.2) is 18.2 Å². The van der Waals surface area contributed by atoms with Crippen molar-refractivity contribution in [1.29, 1.82) is 5.41 Å². The van der Waals surface area contributed by atoms with Gasteiger partial charge in [0.05, 0.1) is 5.69 Å². The number of rotatable bonds is 1. The van der Waals surface area contributed by atoms with Crippen molar-refractivity contribution in [2.75, 3.05) is 4.90 Å². The Labute approximate surface area is 93.1 Å². The van der Waals surface area contributed by atoms with Crippen LogP contribution >= 0.6 is 0 Å². The van der Waals surface area contributed by atoms with Gasteiger partial charge in [-0.1, -0.05) is 18.2 Å². The van der Waals surface area contributed by atoms with Gasteiger partial charge in [-0.25, -0.2) is 15.2 Å². The number of hydrogen-bond acceptors (Lipinski definition) is 3. The first-order valence-electron chi connectivity index (χ1n) is 4.63. The normalized spacial score (nSPS) is 9.69. The summed E-state index contributed by atoms with van der Waals surface area (Å²) >= 11 is 0. The van der Waals surface area contributed by atoms with E-state index in [2.05, 4.69) is 0 Å². The molecule has 0 unspecified atom stereocenters. The molecule has 16 heavy (non-hydrogen) atoms. The predicted octanol–water partition coefficient (Wildman–Crippen LogP) is 1.10. The van der Waals surface area contributed by atoms with E-state index in [9.17, 15) is 4.79 Å². The summed E-state index contributed by atoms with van der Waals surface area (Å²) in [7, 11) is 0. The molecular weight excluding hydrogens is 208 g/mol. The number of carbonyl (C=O) groups is 1. The summed E-state index contributed by atoms with van der Waals surface area (Å²) < 4.78 is 0. The van der Waals surface area contributed by atoms with Crippen molar-refractivity contribution in [3.8, 4) is 0 Å². The molecule has 6 heteroatoms. The summed E-state index contributed by atoms with van der Waals surface area (Å²) in [5.74, 6) is -0.455. The molecule has 0 fully saturated rings. The van der Waals surface area contributed by atoms with E-state index < -0.39 is 12.0 Å². The largest absolute Gasteiger partial charge is 0.369 e. The third-order valence-corrected chi connectivity index (χ3v) is 2.20. The number of nitrogens with zero attached hydrogens (tertiary/aromatic N) is 1. The van der Waals surface area contributed by atoms with Crippen LogP contribution in [0.25, 0.3) is 0 Å². The van der Waals surface area contributed by atoms with Crippen molar-refractivity contribution in [1.82, 2.24) is 5.48 Å². The van der Waals surface area contributed by atoms with Gasteiger partial charge in [0.15, 0.2) is 0 Å². The minimum atomic E-state index is -0.857. The van der Waals surface area contributed by atoms with Gasteiger partial charge in [-0.05, 0) is 25.0 Å². The zero-order valence-corrected chi connectivity index (χ0v) is 9.11. The molecule has 1 aromatic carbocycles. The molecule has 0 atom stereocenters. The Morgan fingerprint density at radius 3 is 2.31 bits per heavy atom. The van der Waals surface area contributed by atoms with Crippen LogP contribution in [0.3, 0.4) is 0 Å². The minimum Gasteiger partial charge on any atom is -0.369 e. The summed E-state index contributed by atoms with van der Waals surface area (Å²) in [6, 6.07) is 4.57. The van der Waals surface area contributed by atoms with Crippen LogP contribution in [0, 0.1) is 19.3 Å². The number of guanidine groups is 1. The number of nitrogens with two attached hydrogens (primary N) is 1. The summed E-state index contributed by atoms with van der Waals surface area (Å²) in [5.41, 5.74) is 8.87. The minimum absolute atomic E-state index is 0.455. The van der Waals surface area contributed by atoms with E-state index >= 15 is 0 Å². The molecule has 6 nitrogen and oxygen atoms in total. The summed E-state index contributed by atoms with van der Waals surface area (Å²) in [5, 5.41) is 16.0. The van der Waals surface area contributed by atoms with E-state index in [4.69, 9.17) is 16.4 Å². The third-order valence-electron chi connectivity index (χ3n) is 2.20. The number of nitrogens with one attached hydrogen (secondary N) is 2. The van der Waals surface area contributed by atoms with E-state index in [1.54, 1.807) is 26.0 Å². The second-order valence-corrected chi connectivity index (χ2v) is 3.38. The second kappa shape index (κ2) is 4.63. The first kappa shape index (κ1) is 12.0. The first-order chi connectivity index (χ1) is 7.49. The first-order valence-corrected chi connectivity index (χ1v) is 4.63. The Morgan fingerprint density at radius 2 is 1.94 bits per heavy atom. The van der Waals surface area contributed by atoms with Gasteiger partial charge in [0, 0.05) is 0 Å². The van der Waals surface area contributed by atoms with Gasteiger partial charge in [-0.2, -0.15) is 0 Å². The molecule has 1 rings (SSSR count). The monoisotopic (exact) mass is 222 g/mol. The molecule has 2 amide bonds. The van der Waals surface area contributed by atoms with Crippen molar-refractivity contribution in [2.45, 2.75) is 13.8 Å². The molecule has 0 aliphatic rings. The van der Waals surface area contributed by atoms with Crippen molar-refractivity contribution in [3.63, 3.8) is 0 Å². The lowest BCUT2D eigenvalue weighted by Crippen LogP contribution is -2.46. The molecule has 0 aliphatic heterocycles. The maximum absolute atomic E-state index is 11.4. The van der Waals surface area contributed by atoms with Crippen molar-refractivity contribution < 1.29 is 10.0 Å². The van der Waals surface area contributed by atoms with Gasteiger partial charge in [-0.15, -0.1) is 0 Å². The number of carbonyl (C=O) groups excluding carboxylic acids is 1. The molecule has 0 saturated carbocycles. The molecule has 0 heterocycles. The Hall–Kier alpha value is -2.08. The topological polar surface area (TPSA) is 102 Å². The van der Waals surface area contributed by atoms with Gasteiger partial charge in [0.2, 0.25) is 5.96 Å². The van der Waals surface area contributed by atoms with Gasteiger partial charge in [-0.3, -0.25) is 10.6 Å². The molecule has 0 radical (unpaired) electrons. The average molecular weight is 222 g/mol.